The molecule has 1 aromatic rings. The molecule has 1 aliphatic rings. The molecule has 1 aromatic heterocycles. The molecule has 2 heterocycles. The van der Waals surface area contributed by atoms with Crippen LogP contribution >= 0.6 is 11.3 Å². The van der Waals surface area contributed by atoms with Gasteiger partial charge in [-0.3, -0.25) is 0 Å². The molecule has 0 aliphatic carbocycles. The van der Waals surface area contributed by atoms with Crippen molar-refractivity contribution in [1.29, 1.82) is 0 Å². The molecule has 1 N–H and O–H groups in total. The molecule has 2 rings (SSSR count). The lowest BCUT2D eigenvalue weighted by atomic mass is 10.4. The maximum absolute atomic E-state index is 11.5. The van der Waals surface area contributed by atoms with E-state index in [2.05, 4.69) is 29.0 Å². The van der Waals surface area contributed by atoms with E-state index in [0.717, 1.165) is 11.7 Å². The summed E-state index contributed by atoms with van der Waals surface area (Å²) < 4.78 is 24.5. The molecular formula is C12H22N4O2S2. The molecule has 0 amide bonds. The third-order valence-corrected chi connectivity index (χ3v) is 5.57. The van der Waals surface area contributed by atoms with E-state index in [1.165, 1.54) is 15.4 Å². The number of hydrogen-bond donors (Lipinski definition) is 1. The third kappa shape index (κ3) is 4.15. The number of rotatable bonds is 5. The van der Waals surface area contributed by atoms with Gasteiger partial charge in [0.1, 0.15) is 0 Å². The van der Waals surface area contributed by atoms with Crippen molar-refractivity contribution in [1.82, 2.24) is 14.6 Å². The van der Waals surface area contributed by atoms with E-state index in [1.54, 1.807) is 11.3 Å². The van der Waals surface area contributed by atoms with Crippen molar-refractivity contribution < 1.29 is 8.42 Å². The maximum atomic E-state index is 11.5. The normalized spacial score (nSPS) is 17.9. The van der Waals surface area contributed by atoms with Crippen molar-refractivity contribution in [3.05, 3.63) is 11.1 Å². The first-order chi connectivity index (χ1) is 9.36. The lowest BCUT2D eigenvalue weighted by Gasteiger charge is -2.32. The fourth-order valence-electron chi connectivity index (χ4n) is 2.04. The molecule has 1 fully saturated rings. The molecule has 8 heteroatoms. The topological polar surface area (TPSA) is 65.5 Å². The van der Waals surface area contributed by atoms with E-state index in [9.17, 15) is 8.42 Å². The first-order valence-corrected chi connectivity index (χ1v) is 9.41. The van der Waals surface area contributed by atoms with Crippen LogP contribution in [-0.2, 0) is 16.6 Å². The molecule has 0 saturated carbocycles. The minimum absolute atomic E-state index is 0.457. The van der Waals surface area contributed by atoms with Crippen molar-refractivity contribution in [2.75, 3.05) is 37.3 Å². The number of thiazole rings is 1. The molecule has 0 atom stereocenters. The summed E-state index contributed by atoms with van der Waals surface area (Å²) in [6.45, 7) is 7.56. The van der Waals surface area contributed by atoms with Crippen LogP contribution in [0.2, 0.25) is 0 Å². The first-order valence-electron chi connectivity index (χ1n) is 6.74. The molecule has 1 aliphatic heterocycles. The predicted molar refractivity (Wildman–Crippen MR) is 82.7 cm³/mol. The van der Waals surface area contributed by atoms with Gasteiger partial charge in [-0.1, -0.05) is 13.8 Å². The van der Waals surface area contributed by atoms with Crippen LogP contribution in [0.4, 0.5) is 5.13 Å². The second-order valence-electron chi connectivity index (χ2n) is 5.29. The second-order valence-corrected chi connectivity index (χ2v) is 8.37. The van der Waals surface area contributed by atoms with Crippen LogP contribution < -0.4 is 10.2 Å². The molecule has 0 unspecified atom stereocenters. The number of sulfonamides is 1. The second kappa shape index (κ2) is 6.38. The summed E-state index contributed by atoms with van der Waals surface area (Å²) >= 11 is 1.67. The smallest absolute Gasteiger partial charge is 0.211 e. The maximum Gasteiger partial charge on any atom is 0.211 e. The summed E-state index contributed by atoms with van der Waals surface area (Å²) in [4.78, 5) is 7.81. The van der Waals surface area contributed by atoms with Crippen molar-refractivity contribution >= 4 is 26.5 Å². The number of piperazine rings is 1. The predicted octanol–water partition coefficient (Wildman–Crippen LogP) is 0.723. The molecule has 114 valence electrons. The first kappa shape index (κ1) is 15.7. The van der Waals surface area contributed by atoms with Crippen molar-refractivity contribution in [3.8, 4) is 0 Å². The van der Waals surface area contributed by atoms with Gasteiger partial charge in [-0.25, -0.2) is 13.4 Å². The fraction of sp³-hybridized carbons (Fsp3) is 0.750. The molecule has 0 radical (unpaired) electrons. The highest BCUT2D eigenvalue weighted by molar-refractivity contribution is 7.88. The Kier molecular flexibility index (Phi) is 5.00. The van der Waals surface area contributed by atoms with Gasteiger partial charge in [0, 0.05) is 49.8 Å². The van der Waals surface area contributed by atoms with Gasteiger partial charge in [0.05, 0.1) is 6.26 Å². The number of aromatic nitrogens is 1. The van der Waals surface area contributed by atoms with Crippen LogP contribution in [0.15, 0.2) is 6.20 Å². The molecule has 6 nitrogen and oxygen atoms in total. The highest BCUT2D eigenvalue weighted by Gasteiger charge is 2.24. The summed E-state index contributed by atoms with van der Waals surface area (Å²) in [6.07, 6.45) is 3.17. The van der Waals surface area contributed by atoms with Crippen LogP contribution in [0, 0.1) is 0 Å². The molecular weight excluding hydrogens is 296 g/mol. The Morgan fingerprint density at radius 3 is 2.55 bits per heavy atom. The number of nitrogens with zero attached hydrogens (tertiary/aromatic N) is 3. The lowest BCUT2D eigenvalue weighted by molar-refractivity contribution is 0.388. The van der Waals surface area contributed by atoms with Crippen LogP contribution in [0.1, 0.15) is 18.7 Å². The van der Waals surface area contributed by atoms with Gasteiger partial charge < -0.3 is 10.2 Å². The average molecular weight is 318 g/mol. The van der Waals surface area contributed by atoms with Gasteiger partial charge in [-0.2, -0.15) is 4.31 Å². The van der Waals surface area contributed by atoms with Crippen molar-refractivity contribution in [2.24, 2.45) is 0 Å². The van der Waals surface area contributed by atoms with E-state index >= 15 is 0 Å². The zero-order valence-electron chi connectivity index (χ0n) is 12.2. The minimum atomic E-state index is -3.06. The minimum Gasteiger partial charge on any atom is -0.345 e. The van der Waals surface area contributed by atoms with E-state index in [4.69, 9.17) is 0 Å². The molecule has 0 spiro atoms. The monoisotopic (exact) mass is 318 g/mol. The standard InChI is InChI=1S/C12H22N4O2S2/c1-10(2)13-8-11-9-14-12(19-11)15-4-6-16(7-5-15)20(3,17)18/h9-10,13H,4-8H2,1-3H3. The highest BCUT2D eigenvalue weighted by Crippen LogP contribution is 2.24. The Hall–Kier alpha value is -0.700. The van der Waals surface area contributed by atoms with Gasteiger partial charge in [0.2, 0.25) is 10.0 Å². The summed E-state index contributed by atoms with van der Waals surface area (Å²) in [5, 5.41) is 4.35. The van der Waals surface area contributed by atoms with Crippen molar-refractivity contribution in [3.63, 3.8) is 0 Å². The number of hydrogen-bond acceptors (Lipinski definition) is 6. The molecule has 0 bridgehead atoms. The van der Waals surface area contributed by atoms with Crippen LogP contribution in [-0.4, -0.2) is 56.2 Å². The SMILES string of the molecule is CC(C)NCc1cnc(N2CCN(S(C)(=O)=O)CC2)s1. The van der Waals surface area contributed by atoms with Crippen molar-refractivity contribution in [2.45, 2.75) is 26.4 Å². The Labute approximate surface area is 124 Å². The van der Waals surface area contributed by atoms with E-state index in [1.807, 2.05) is 6.20 Å². The Balaban J connectivity index is 1.91. The van der Waals surface area contributed by atoms with Gasteiger partial charge in [0.15, 0.2) is 5.13 Å². The highest BCUT2D eigenvalue weighted by atomic mass is 32.2. The lowest BCUT2D eigenvalue weighted by Crippen LogP contribution is -2.48. The molecule has 0 aromatic carbocycles. The molecule has 1 saturated heterocycles. The Morgan fingerprint density at radius 1 is 1.35 bits per heavy atom. The van der Waals surface area contributed by atoms with Gasteiger partial charge in [-0.05, 0) is 0 Å². The zero-order valence-corrected chi connectivity index (χ0v) is 13.8. The third-order valence-electron chi connectivity index (χ3n) is 3.20. The molecule has 20 heavy (non-hydrogen) atoms. The number of anilines is 1. The fourth-order valence-corrected chi connectivity index (χ4v) is 3.78. The number of nitrogens with one attached hydrogen (secondary N) is 1. The summed E-state index contributed by atoms with van der Waals surface area (Å²) in [5.41, 5.74) is 0. The van der Waals surface area contributed by atoms with Gasteiger partial charge in [-0.15, -0.1) is 11.3 Å². The quantitative estimate of drug-likeness (QED) is 0.867. The van der Waals surface area contributed by atoms with Crippen LogP contribution in [0.5, 0.6) is 0 Å². The summed E-state index contributed by atoms with van der Waals surface area (Å²) in [5.74, 6) is 0. The van der Waals surface area contributed by atoms with E-state index in [-0.39, 0.29) is 0 Å². The van der Waals surface area contributed by atoms with E-state index < -0.39 is 10.0 Å². The summed E-state index contributed by atoms with van der Waals surface area (Å²) in [7, 11) is -3.06. The Morgan fingerprint density at radius 2 is 2.00 bits per heavy atom. The van der Waals surface area contributed by atoms with Crippen LogP contribution in [0.25, 0.3) is 0 Å². The van der Waals surface area contributed by atoms with E-state index in [0.29, 0.717) is 32.2 Å². The average Bonchev–Trinajstić information content (AvgIpc) is 2.84. The Bertz CT molecular complexity index is 533. The largest absolute Gasteiger partial charge is 0.345 e. The van der Waals surface area contributed by atoms with Gasteiger partial charge >= 0.3 is 0 Å². The van der Waals surface area contributed by atoms with Crippen LogP contribution in [0.3, 0.4) is 0 Å². The summed E-state index contributed by atoms with van der Waals surface area (Å²) in [6, 6.07) is 0.457. The zero-order chi connectivity index (χ0) is 14.8. The van der Waals surface area contributed by atoms with Gasteiger partial charge in [0.25, 0.3) is 0 Å².